The normalized spacial score (nSPS) is 18.8. The second kappa shape index (κ2) is 7.04. The molecule has 1 amide bonds. The number of carbonyl (C=O) groups is 1. The van der Waals surface area contributed by atoms with Gasteiger partial charge in [-0.25, -0.2) is 4.79 Å². The lowest BCUT2D eigenvalue weighted by atomic mass is 9.99. The molecule has 0 aromatic carbocycles. The summed E-state index contributed by atoms with van der Waals surface area (Å²) in [6, 6.07) is 2.24. The Morgan fingerprint density at radius 3 is 2.53 bits per heavy atom. The minimum atomic E-state index is -0.425. The van der Waals surface area contributed by atoms with Crippen LogP contribution in [0.15, 0.2) is 0 Å². The van der Waals surface area contributed by atoms with E-state index in [1.54, 1.807) is 16.7 Å². The quantitative estimate of drug-likeness (QED) is 0.798. The average molecular weight is 284 g/mol. The SMILES string of the molecule is C[C@H](C#N)SCC1CCN(C(=O)OC(C)(C)C)CC1. The number of rotatable bonds is 3. The van der Waals surface area contributed by atoms with E-state index in [1.165, 1.54) is 0 Å². The Kier molecular flexibility index (Phi) is 5.99. The van der Waals surface area contributed by atoms with Crippen molar-refractivity contribution in [3.05, 3.63) is 0 Å². The van der Waals surface area contributed by atoms with Gasteiger partial charge in [0.15, 0.2) is 0 Å². The molecule has 0 saturated carbocycles. The van der Waals surface area contributed by atoms with Crippen molar-refractivity contribution in [1.29, 1.82) is 5.26 Å². The molecule has 1 aliphatic rings. The van der Waals surface area contributed by atoms with Crippen LogP contribution in [0.2, 0.25) is 0 Å². The fourth-order valence-electron chi connectivity index (χ4n) is 1.93. The van der Waals surface area contributed by atoms with E-state index in [9.17, 15) is 4.79 Å². The maximum Gasteiger partial charge on any atom is 0.410 e. The lowest BCUT2D eigenvalue weighted by Crippen LogP contribution is -2.42. The molecular formula is C14H24N2O2S. The highest BCUT2D eigenvalue weighted by Crippen LogP contribution is 2.24. The van der Waals surface area contributed by atoms with Crippen LogP contribution in [-0.2, 0) is 4.74 Å². The van der Waals surface area contributed by atoms with Gasteiger partial charge in [0.25, 0.3) is 0 Å². The van der Waals surface area contributed by atoms with Crippen molar-refractivity contribution < 1.29 is 9.53 Å². The van der Waals surface area contributed by atoms with Crippen molar-refractivity contribution in [3.63, 3.8) is 0 Å². The number of amides is 1. The van der Waals surface area contributed by atoms with Crippen molar-refractivity contribution in [2.45, 2.75) is 51.4 Å². The third-order valence-electron chi connectivity index (χ3n) is 3.03. The Morgan fingerprint density at radius 2 is 2.05 bits per heavy atom. The zero-order valence-corrected chi connectivity index (χ0v) is 13.1. The largest absolute Gasteiger partial charge is 0.444 e. The smallest absolute Gasteiger partial charge is 0.410 e. The summed E-state index contributed by atoms with van der Waals surface area (Å²) in [5, 5.41) is 8.81. The van der Waals surface area contributed by atoms with E-state index in [0.29, 0.717) is 5.92 Å². The number of nitriles is 1. The number of carbonyl (C=O) groups excluding carboxylic acids is 1. The van der Waals surface area contributed by atoms with Crippen LogP contribution in [0.3, 0.4) is 0 Å². The zero-order valence-electron chi connectivity index (χ0n) is 12.3. The number of likely N-dealkylation sites (tertiary alicyclic amines) is 1. The van der Waals surface area contributed by atoms with E-state index in [0.717, 1.165) is 31.7 Å². The molecule has 5 heteroatoms. The van der Waals surface area contributed by atoms with Crippen LogP contribution in [-0.4, -0.2) is 40.7 Å². The number of hydrogen-bond acceptors (Lipinski definition) is 4. The number of ether oxygens (including phenoxy) is 1. The van der Waals surface area contributed by atoms with Gasteiger partial charge in [0.1, 0.15) is 5.60 Å². The van der Waals surface area contributed by atoms with Gasteiger partial charge in [-0.3, -0.25) is 0 Å². The first-order chi connectivity index (χ1) is 8.81. The van der Waals surface area contributed by atoms with Gasteiger partial charge in [0.05, 0.1) is 11.3 Å². The van der Waals surface area contributed by atoms with Gasteiger partial charge in [0.2, 0.25) is 0 Å². The van der Waals surface area contributed by atoms with Crippen molar-refractivity contribution >= 4 is 17.9 Å². The maximum atomic E-state index is 11.9. The molecule has 0 N–H and O–H groups in total. The van der Waals surface area contributed by atoms with Crippen molar-refractivity contribution in [1.82, 2.24) is 4.90 Å². The topological polar surface area (TPSA) is 53.3 Å². The predicted molar refractivity (Wildman–Crippen MR) is 78.1 cm³/mol. The third-order valence-corrected chi connectivity index (χ3v) is 4.30. The average Bonchev–Trinajstić information content (AvgIpc) is 2.34. The minimum Gasteiger partial charge on any atom is -0.444 e. The summed E-state index contributed by atoms with van der Waals surface area (Å²) >= 11 is 1.71. The van der Waals surface area contributed by atoms with Gasteiger partial charge < -0.3 is 9.64 Å². The zero-order chi connectivity index (χ0) is 14.5. The first-order valence-electron chi connectivity index (χ1n) is 6.81. The summed E-state index contributed by atoms with van der Waals surface area (Å²) in [6.45, 7) is 9.12. The monoisotopic (exact) mass is 284 g/mol. The lowest BCUT2D eigenvalue weighted by Gasteiger charge is -2.33. The molecule has 0 aliphatic carbocycles. The van der Waals surface area contributed by atoms with Crippen molar-refractivity contribution in [3.8, 4) is 6.07 Å². The van der Waals surface area contributed by atoms with E-state index in [1.807, 2.05) is 27.7 Å². The molecule has 0 aromatic rings. The van der Waals surface area contributed by atoms with Crippen LogP contribution in [0.1, 0.15) is 40.5 Å². The summed E-state index contributed by atoms with van der Waals surface area (Å²) in [4.78, 5) is 13.7. The molecule has 0 spiro atoms. The molecule has 108 valence electrons. The fourth-order valence-corrected chi connectivity index (χ4v) is 2.90. The first kappa shape index (κ1) is 16.2. The molecular weight excluding hydrogens is 260 g/mol. The van der Waals surface area contributed by atoms with Crippen LogP contribution in [0.4, 0.5) is 4.79 Å². The lowest BCUT2D eigenvalue weighted by molar-refractivity contribution is 0.0191. The number of nitrogens with zero attached hydrogens (tertiary/aromatic N) is 2. The minimum absolute atomic E-state index is 0.0592. The molecule has 19 heavy (non-hydrogen) atoms. The van der Waals surface area contributed by atoms with Crippen LogP contribution in [0, 0.1) is 17.2 Å². The van der Waals surface area contributed by atoms with Crippen LogP contribution in [0.5, 0.6) is 0 Å². The highest BCUT2D eigenvalue weighted by Gasteiger charge is 2.26. The molecule has 0 unspecified atom stereocenters. The number of piperidine rings is 1. The van der Waals surface area contributed by atoms with E-state index < -0.39 is 5.60 Å². The van der Waals surface area contributed by atoms with E-state index in [4.69, 9.17) is 10.00 Å². The second-order valence-corrected chi connectivity index (χ2v) is 7.39. The number of hydrogen-bond donors (Lipinski definition) is 0. The molecule has 0 aromatic heterocycles. The summed E-state index contributed by atoms with van der Waals surface area (Å²) < 4.78 is 5.37. The molecule has 0 bridgehead atoms. The Hall–Kier alpha value is -0.890. The number of thioether (sulfide) groups is 1. The van der Waals surface area contributed by atoms with E-state index >= 15 is 0 Å². The molecule has 1 saturated heterocycles. The highest BCUT2D eigenvalue weighted by atomic mass is 32.2. The van der Waals surface area contributed by atoms with Crippen molar-refractivity contribution in [2.24, 2.45) is 5.92 Å². The van der Waals surface area contributed by atoms with Crippen LogP contribution in [0.25, 0.3) is 0 Å². The molecule has 1 atom stereocenters. The molecule has 1 rings (SSSR count). The summed E-state index contributed by atoms with van der Waals surface area (Å²) in [5.41, 5.74) is -0.425. The van der Waals surface area contributed by atoms with E-state index in [2.05, 4.69) is 6.07 Å². The molecule has 1 aliphatic heterocycles. The summed E-state index contributed by atoms with van der Waals surface area (Å²) in [5.74, 6) is 1.62. The summed E-state index contributed by atoms with van der Waals surface area (Å²) in [7, 11) is 0. The van der Waals surface area contributed by atoms with Gasteiger partial charge >= 0.3 is 6.09 Å². The van der Waals surface area contributed by atoms with Crippen LogP contribution < -0.4 is 0 Å². The third kappa shape index (κ3) is 6.20. The first-order valence-corrected chi connectivity index (χ1v) is 7.86. The van der Waals surface area contributed by atoms with Crippen molar-refractivity contribution in [2.75, 3.05) is 18.8 Å². The Bertz CT molecular complexity index is 338. The van der Waals surface area contributed by atoms with Gasteiger partial charge in [-0.05, 0) is 52.2 Å². The molecule has 1 heterocycles. The Balaban J connectivity index is 2.29. The highest BCUT2D eigenvalue weighted by molar-refractivity contribution is 8.00. The predicted octanol–water partition coefficient (Wildman–Crippen LogP) is 3.28. The maximum absolute atomic E-state index is 11.9. The Labute approximate surface area is 120 Å². The fraction of sp³-hybridized carbons (Fsp3) is 0.857. The molecule has 4 nitrogen and oxygen atoms in total. The van der Waals surface area contributed by atoms with Crippen LogP contribution >= 0.6 is 11.8 Å². The van der Waals surface area contributed by atoms with Gasteiger partial charge in [-0.15, -0.1) is 11.8 Å². The van der Waals surface area contributed by atoms with Gasteiger partial charge in [0, 0.05) is 13.1 Å². The molecule has 0 radical (unpaired) electrons. The van der Waals surface area contributed by atoms with Gasteiger partial charge in [-0.1, -0.05) is 0 Å². The molecule has 1 fully saturated rings. The van der Waals surface area contributed by atoms with Gasteiger partial charge in [-0.2, -0.15) is 5.26 Å². The standard InChI is InChI=1S/C14H24N2O2S/c1-11(9-15)19-10-12-5-7-16(8-6-12)13(17)18-14(2,3)4/h11-12H,5-8,10H2,1-4H3/t11-/m1/s1. The Morgan fingerprint density at radius 1 is 1.47 bits per heavy atom. The van der Waals surface area contributed by atoms with E-state index in [-0.39, 0.29) is 11.3 Å². The second-order valence-electron chi connectivity index (χ2n) is 6.02. The summed E-state index contributed by atoms with van der Waals surface area (Å²) in [6.07, 6.45) is 1.80.